The summed E-state index contributed by atoms with van der Waals surface area (Å²) in [6.45, 7) is 5.42. The van der Waals surface area contributed by atoms with Crippen LogP contribution in [0.5, 0.6) is 11.5 Å². The van der Waals surface area contributed by atoms with Gasteiger partial charge in [0, 0.05) is 5.56 Å². The van der Waals surface area contributed by atoms with E-state index < -0.39 is 0 Å². The van der Waals surface area contributed by atoms with Crippen molar-refractivity contribution in [1.82, 2.24) is 0 Å². The maximum Gasteiger partial charge on any atom is 0.161 e. The van der Waals surface area contributed by atoms with Crippen LogP contribution in [-0.2, 0) is 0 Å². The lowest BCUT2D eigenvalue weighted by molar-refractivity contribution is 0.112. The average Bonchev–Trinajstić information content (AvgIpc) is 2.48. The number of hydrogen-bond acceptors (Lipinski definition) is 3. The van der Waals surface area contributed by atoms with E-state index in [0.29, 0.717) is 24.5 Å². The number of ether oxygens (including phenoxy) is 2. The molecule has 1 rings (SSSR count). The van der Waals surface area contributed by atoms with E-state index in [4.69, 9.17) is 9.47 Å². The molecule has 3 nitrogen and oxygen atoms in total. The summed E-state index contributed by atoms with van der Waals surface area (Å²) in [5.74, 6) is 1.45. The van der Waals surface area contributed by atoms with E-state index in [0.717, 1.165) is 23.9 Å². The summed E-state index contributed by atoms with van der Waals surface area (Å²) in [6.07, 6.45) is 8.29. The molecule has 0 radical (unpaired) electrons. The fourth-order valence-corrected chi connectivity index (χ4v) is 2.34. The van der Waals surface area contributed by atoms with Gasteiger partial charge in [0.25, 0.3) is 0 Å². The molecule has 4 heteroatoms. The second kappa shape index (κ2) is 10.3. The first-order valence-electron chi connectivity index (χ1n) is 8.08. The molecule has 0 amide bonds. The lowest BCUT2D eigenvalue weighted by atomic mass is 9.92. The SMILES string of the molecule is Bc1cc(C=O)cc(OCC)c1OCCCCCCCC. The number of rotatable bonds is 11. The van der Waals surface area contributed by atoms with E-state index in [2.05, 4.69) is 6.92 Å². The molecule has 0 heterocycles. The molecule has 0 spiro atoms. The molecule has 0 atom stereocenters. The topological polar surface area (TPSA) is 35.5 Å². The van der Waals surface area contributed by atoms with Gasteiger partial charge in [0.05, 0.1) is 13.2 Å². The van der Waals surface area contributed by atoms with Crippen LogP contribution < -0.4 is 14.9 Å². The Hall–Kier alpha value is -1.45. The first-order valence-corrected chi connectivity index (χ1v) is 8.08. The summed E-state index contributed by atoms with van der Waals surface area (Å²) in [7, 11) is 1.95. The number of benzene rings is 1. The number of carbonyl (C=O) groups excluding carboxylic acids is 1. The molecular formula is C17H27BO3. The standard InChI is InChI=1S/C17H27BO3/c1-3-5-6-7-8-9-10-21-17-15(18)11-14(13-19)12-16(17)20-4-2/h11-13H,3-10,18H2,1-2H3. The first kappa shape index (κ1) is 17.6. The lowest BCUT2D eigenvalue weighted by Gasteiger charge is -2.15. The largest absolute Gasteiger partial charge is 0.490 e. The molecule has 1 aromatic rings. The van der Waals surface area contributed by atoms with Crippen LogP contribution in [0.15, 0.2) is 12.1 Å². The van der Waals surface area contributed by atoms with Gasteiger partial charge in [-0.2, -0.15) is 0 Å². The summed E-state index contributed by atoms with van der Waals surface area (Å²) in [5.41, 5.74) is 1.58. The van der Waals surface area contributed by atoms with Crippen molar-refractivity contribution in [1.29, 1.82) is 0 Å². The predicted octanol–water partition coefficient (Wildman–Crippen LogP) is 2.90. The molecule has 0 fully saturated rings. The highest BCUT2D eigenvalue weighted by atomic mass is 16.5. The van der Waals surface area contributed by atoms with Crippen LogP contribution in [0.3, 0.4) is 0 Å². The normalized spacial score (nSPS) is 10.4. The quantitative estimate of drug-likeness (QED) is 0.357. The van der Waals surface area contributed by atoms with Gasteiger partial charge in [0.15, 0.2) is 11.5 Å². The highest BCUT2D eigenvalue weighted by Gasteiger charge is 2.10. The van der Waals surface area contributed by atoms with Crippen molar-refractivity contribution in [2.75, 3.05) is 13.2 Å². The molecule has 0 aromatic heterocycles. The third kappa shape index (κ3) is 6.24. The zero-order valence-electron chi connectivity index (χ0n) is 13.6. The third-order valence-corrected chi connectivity index (χ3v) is 3.44. The van der Waals surface area contributed by atoms with E-state index in [1.807, 2.05) is 20.8 Å². The molecule has 0 saturated heterocycles. The van der Waals surface area contributed by atoms with Crippen LogP contribution in [0, 0.1) is 0 Å². The summed E-state index contributed by atoms with van der Waals surface area (Å²) < 4.78 is 11.5. The van der Waals surface area contributed by atoms with Gasteiger partial charge >= 0.3 is 0 Å². The van der Waals surface area contributed by atoms with Crippen molar-refractivity contribution in [3.63, 3.8) is 0 Å². The van der Waals surface area contributed by atoms with Crippen molar-refractivity contribution in [2.45, 2.75) is 52.4 Å². The maximum absolute atomic E-state index is 10.9. The Bertz CT molecular complexity index is 432. The second-order valence-corrected chi connectivity index (χ2v) is 5.33. The number of unbranched alkanes of at least 4 members (excludes halogenated alkanes) is 5. The Morgan fingerprint density at radius 3 is 2.43 bits per heavy atom. The monoisotopic (exact) mass is 290 g/mol. The van der Waals surface area contributed by atoms with Gasteiger partial charge in [0.1, 0.15) is 14.1 Å². The Morgan fingerprint density at radius 1 is 1.05 bits per heavy atom. The summed E-state index contributed by atoms with van der Waals surface area (Å²) >= 11 is 0. The van der Waals surface area contributed by atoms with Crippen LogP contribution in [0.4, 0.5) is 0 Å². The number of aldehydes is 1. The molecule has 116 valence electrons. The van der Waals surface area contributed by atoms with Crippen molar-refractivity contribution < 1.29 is 14.3 Å². The summed E-state index contributed by atoms with van der Waals surface area (Å²) in [6, 6.07) is 3.59. The first-order chi connectivity index (χ1) is 10.2. The van der Waals surface area contributed by atoms with Gasteiger partial charge in [-0.1, -0.05) is 45.1 Å². The van der Waals surface area contributed by atoms with Crippen molar-refractivity contribution >= 4 is 19.6 Å². The Balaban J connectivity index is 2.51. The summed E-state index contributed by atoms with van der Waals surface area (Å²) in [4.78, 5) is 10.9. The Labute approximate surface area is 129 Å². The molecule has 0 bridgehead atoms. The lowest BCUT2D eigenvalue weighted by Crippen LogP contribution is -2.13. The van der Waals surface area contributed by atoms with Crippen molar-refractivity contribution in [2.24, 2.45) is 0 Å². The Morgan fingerprint density at radius 2 is 1.76 bits per heavy atom. The Kier molecular flexibility index (Phi) is 8.64. The van der Waals surface area contributed by atoms with Crippen molar-refractivity contribution in [3.05, 3.63) is 17.7 Å². The minimum absolute atomic E-state index is 0.565. The zero-order valence-corrected chi connectivity index (χ0v) is 13.6. The van der Waals surface area contributed by atoms with E-state index in [1.165, 1.54) is 32.1 Å². The predicted molar refractivity (Wildman–Crippen MR) is 90.0 cm³/mol. The molecule has 0 N–H and O–H groups in total. The van der Waals surface area contributed by atoms with E-state index in [-0.39, 0.29) is 0 Å². The van der Waals surface area contributed by atoms with Gasteiger partial charge in [-0.25, -0.2) is 0 Å². The maximum atomic E-state index is 10.9. The van der Waals surface area contributed by atoms with Crippen LogP contribution in [0.1, 0.15) is 62.7 Å². The van der Waals surface area contributed by atoms with Crippen LogP contribution in [-0.4, -0.2) is 27.3 Å². The van der Waals surface area contributed by atoms with Crippen LogP contribution in [0.25, 0.3) is 0 Å². The second-order valence-electron chi connectivity index (χ2n) is 5.33. The molecule has 0 unspecified atom stereocenters. The van der Waals surface area contributed by atoms with Gasteiger partial charge in [-0.15, -0.1) is 0 Å². The molecule has 0 aliphatic rings. The molecular weight excluding hydrogens is 263 g/mol. The zero-order chi connectivity index (χ0) is 15.5. The minimum atomic E-state index is 0.565. The molecule has 0 aliphatic carbocycles. The molecule has 1 aromatic carbocycles. The van der Waals surface area contributed by atoms with Gasteiger partial charge < -0.3 is 9.47 Å². The van der Waals surface area contributed by atoms with Crippen molar-refractivity contribution in [3.8, 4) is 11.5 Å². The van der Waals surface area contributed by atoms with Gasteiger partial charge in [-0.3, -0.25) is 4.79 Å². The van der Waals surface area contributed by atoms with Crippen LogP contribution >= 0.6 is 0 Å². The number of hydrogen-bond donors (Lipinski definition) is 0. The summed E-state index contributed by atoms with van der Waals surface area (Å²) in [5, 5.41) is 0. The minimum Gasteiger partial charge on any atom is -0.490 e. The molecule has 0 aliphatic heterocycles. The third-order valence-electron chi connectivity index (χ3n) is 3.44. The van der Waals surface area contributed by atoms with Crippen LogP contribution in [0.2, 0.25) is 0 Å². The smallest absolute Gasteiger partial charge is 0.161 e. The fourth-order valence-electron chi connectivity index (χ4n) is 2.34. The molecule has 21 heavy (non-hydrogen) atoms. The van der Waals surface area contributed by atoms with Gasteiger partial charge in [0.2, 0.25) is 0 Å². The fraction of sp³-hybridized carbons (Fsp3) is 0.588. The van der Waals surface area contributed by atoms with Gasteiger partial charge in [-0.05, 0) is 24.9 Å². The average molecular weight is 290 g/mol. The molecule has 0 saturated carbocycles. The number of carbonyl (C=O) groups is 1. The van der Waals surface area contributed by atoms with E-state index in [9.17, 15) is 4.79 Å². The van der Waals surface area contributed by atoms with E-state index in [1.54, 1.807) is 6.07 Å². The highest BCUT2D eigenvalue weighted by Crippen LogP contribution is 2.26. The van der Waals surface area contributed by atoms with E-state index >= 15 is 0 Å². The highest BCUT2D eigenvalue weighted by molar-refractivity contribution is 6.35.